The van der Waals surface area contributed by atoms with Crippen LogP contribution >= 0.6 is 0 Å². The molecule has 0 radical (unpaired) electrons. The van der Waals surface area contributed by atoms with Gasteiger partial charge in [-0.1, -0.05) is 0 Å². The van der Waals surface area contributed by atoms with E-state index in [9.17, 15) is 19.7 Å². The lowest BCUT2D eigenvalue weighted by molar-refractivity contribution is -0.384. The molecule has 2 aromatic carbocycles. The van der Waals surface area contributed by atoms with Crippen molar-refractivity contribution in [3.63, 3.8) is 0 Å². The molecular formula is C18H14N2O6. The summed E-state index contributed by atoms with van der Waals surface area (Å²) in [5.74, 6) is -0.306. The summed E-state index contributed by atoms with van der Waals surface area (Å²) in [4.78, 5) is 33.5. The van der Waals surface area contributed by atoms with Crippen molar-refractivity contribution in [2.24, 2.45) is 0 Å². The van der Waals surface area contributed by atoms with Crippen LogP contribution in [0.15, 0.2) is 57.7 Å². The third-order valence-electron chi connectivity index (χ3n) is 3.67. The number of aryl methyl sites for hydroxylation is 1. The normalized spacial score (nSPS) is 10.5. The largest absolute Gasteiger partial charge is 0.425 e. The van der Waals surface area contributed by atoms with Crippen LogP contribution < -0.4 is 15.7 Å². The lowest BCUT2D eigenvalue weighted by Crippen LogP contribution is -2.19. The van der Waals surface area contributed by atoms with Gasteiger partial charge in [0.05, 0.1) is 4.92 Å². The highest BCUT2D eigenvalue weighted by atomic mass is 16.6. The molecule has 26 heavy (non-hydrogen) atoms. The van der Waals surface area contributed by atoms with E-state index in [-0.39, 0.29) is 18.0 Å². The number of ether oxygens (including phenoxy) is 1. The number of carbonyl (C=O) groups excluding carboxylic acids is 1. The van der Waals surface area contributed by atoms with Gasteiger partial charge in [0.25, 0.3) is 5.69 Å². The Kier molecular flexibility index (Phi) is 4.66. The number of fused-ring (bicyclic) bond motifs is 1. The lowest BCUT2D eigenvalue weighted by atomic mass is 10.1. The standard InChI is InChI=1S/C18H14N2O6/c1-11-8-17(21)26-16-9-14(6-7-15(11)16)25-18(22)10-19-12-2-4-13(5-3-12)20(23)24/h2-9,19H,10H2,1H3. The Morgan fingerprint density at radius 2 is 1.92 bits per heavy atom. The van der Waals surface area contributed by atoms with Crippen LogP contribution in [0.2, 0.25) is 0 Å². The summed E-state index contributed by atoms with van der Waals surface area (Å²) in [7, 11) is 0. The topological polar surface area (TPSA) is 112 Å². The SMILES string of the molecule is Cc1cc(=O)oc2cc(OC(=O)CNc3ccc([N+](=O)[O-])cc3)ccc12. The quantitative estimate of drug-likeness (QED) is 0.246. The number of benzene rings is 2. The number of esters is 1. The minimum atomic E-state index is -0.558. The van der Waals surface area contributed by atoms with Crippen molar-refractivity contribution >= 4 is 28.3 Å². The molecule has 0 aliphatic heterocycles. The van der Waals surface area contributed by atoms with Gasteiger partial charge in [0.1, 0.15) is 17.9 Å². The number of carbonyl (C=O) groups is 1. The number of nitrogens with zero attached hydrogens (tertiary/aromatic N) is 1. The lowest BCUT2D eigenvalue weighted by Gasteiger charge is -2.08. The van der Waals surface area contributed by atoms with E-state index in [1.165, 1.54) is 36.4 Å². The van der Waals surface area contributed by atoms with E-state index in [1.54, 1.807) is 19.1 Å². The second kappa shape index (κ2) is 7.06. The molecule has 0 saturated carbocycles. The monoisotopic (exact) mass is 354 g/mol. The Morgan fingerprint density at radius 1 is 1.19 bits per heavy atom. The van der Waals surface area contributed by atoms with E-state index < -0.39 is 16.5 Å². The van der Waals surface area contributed by atoms with Crippen molar-refractivity contribution in [2.75, 3.05) is 11.9 Å². The van der Waals surface area contributed by atoms with Gasteiger partial charge in [-0.25, -0.2) is 9.59 Å². The third kappa shape index (κ3) is 3.86. The number of anilines is 1. The Hall–Kier alpha value is -3.68. The van der Waals surface area contributed by atoms with Gasteiger partial charge >= 0.3 is 11.6 Å². The highest BCUT2D eigenvalue weighted by molar-refractivity contribution is 5.83. The van der Waals surface area contributed by atoms with Crippen molar-refractivity contribution in [1.82, 2.24) is 0 Å². The predicted molar refractivity (Wildman–Crippen MR) is 94.4 cm³/mol. The first-order chi connectivity index (χ1) is 12.4. The van der Waals surface area contributed by atoms with Crippen molar-refractivity contribution < 1.29 is 18.9 Å². The van der Waals surface area contributed by atoms with Gasteiger partial charge in [-0.2, -0.15) is 0 Å². The van der Waals surface area contributed by atoms with Crippen molar-refractivity contribution in [3.05, 3.63) is 74.6 Å². The molecular weight excluding hydrogens is 340 g/mol. The molecule has 0 aliphatic carbocycles. The first-order valence-corrected chi connectivity index (χ1v) is 7.66. The highest BCUT2D eigenvalue weighted by Gasteiger charge is 2.09. The minimum Gasteiger partial charge on any atom is -0.425 e. The molecule has 1 aromatic heterocycles. The van der Waals surface area contributed by atoms with Crippen LogP contribution in [-0.2, 0) is 4.79 Å². The summed E-state index contributed by atoms with van der Waals surface area (Å²) in [6, 6.07) is 11.9. The molecule has 8 nitrogen and oxygen atoms in total. The highest BCUT2D eigenvalue weighted by Crippen LogP contribution is 2.22. The fourth-order valence-corrected chi connectivity index (χ4v) is 2.41. The Morgan fingerprint density at radius 3 is 2.62 bits per heavy atom. The summed E-state index contributed by atoms with van der Waals surface area (Å²) in [6.45, 7) is 1.66. The van der Waals surface area contributed by atoms with Crippen LogP contribution in [0.3, 0.4) is 0 Å². The van der Waals surface area contributed by atoms with Crippen molar-refractivity contribution in [1.29, 1.82) is 0 Å². The van der Waals surface area contributed by atoms with Gasteiger partial charge in [0.15, 0.2) is 0 Å². The number of hydrogen-bond acceptors (Lipinski definition) is 7. The summed E-state index contributed by atoms with van der Waals surface area (Å²) in [5.41, 5.74) is 1.15. The van der Waals surface area contributed by atoms with Crippen LogP contribution in [0.4, 0.5) is 11.4 Å². The number of nitro groups is 1. The molecule has 0 amide bonds. The van der Waals surface area contributed by atoms with Gasteiger partial charge in [0.2, 0.25) is 0 Å². The average molecular weight is 354 g/mol. The fourth-order valence-electron chi connectivity index (χ4n) is 2.41. The maximum absolute atomic E-state index is 11.9. The zero-order valence-corrected chi connectivity index (χ0v) is 13.7. The van der Waals surface area contributed by atoms with E-state index in [2.05, 4.69) is 5.32 Å². The zero-order valence-electron chi connectivity index (χ0n) is 13.7. The first kappa shape index (κ1) is 17.2. The summed E-state index contributed by atoms with van der Waals surface area (Å²) in [5, 5.41) is 14.2. The van der Waals surface area contributed by atoms with Gasteiger partial charge in [0, 0.05) is 35.3 Å². The van der Waals surface area contributed by atoms with Gasteiger partial charge in [-0.3, -0.25) is 10.1 Å². The molecule has 8 heteroatoms. The Bertz CT molecular complexity index is 1040. The second-order valence-corrected chi connectivity index (χ2v) is 5.54. The molecule has 0 bridgehead atoms. The zero-order chi connectivity index (χ0) is 18.7. The number of nitrogens with one attached hydrogen (secondary N) is 1. The molecule has 132 valence electrons. The van der Waals surface area contributed by atoms with Gasteiger partial charge < -0.3 is 14.5 Å². The molecule has 0 spiro atoms. The number of rotatable bonds is 5. The van der Waals surface area contributed by atoms with E-state index >= 15 is 0 Å². The molecule has 1 N–H and O–H groups in total. The molecule has 0 unspecified atom stereocenters. The summed E-state index contributed by atoms with van der Waals surface area (Å²) < 4.78 is 10.3. The second-order valence-electron chi connectivity index (χ2n) is 5.54. The molecule has 3 aromatic rings. The maximum Gasteiger partial charge on any atom is 0.336 e. The smallest absolute Gasteiger partial charge is 0.336 e. The Labute approximate surface area is 147 Å². The first-order valence-electron chi connectivity index (χ1n) is 7.66. The predicted octanol–water partition coefficient (Wildman–Crippen LogP) is 3.03. The molecule has 1 heterocycles. The van der Waals surface area contributed by atoms with Crippen molar-refractivity contribution in [3.8, 4) is 5.75 Å². The van der Waals surface area contributed by atoms with Gasteiger partial charge in [-0.05, 0) is 36.8 Å². The van der Waals surface area contributed by atoms with Crippen LogP contribution in [0.1, 0.15) is 5.56 Å². The van der Waals surface area contributed by atoms with Crippen LogP contribution in [-0.4, -0.2) is 17.4 Å². The third-order valence-corrected chi connectivity index (χ3v) is 3.67. The molecule has 0 aliphatic rings. The molecule has 0 atom stereocenters. The van der Waals surface area contributed by atoms with E-state index in [0.29, 0.717) is 11.3 Å². The molecule has 3 rings (SSSR count). The van der Waals surface area contributed by atoms with Crippen molar-refractivity contribution in [2.45, 2.75) is 6.92 Å². The minimum absolute atomic E-state index is 0.0360. The number of hydrogen-bond donors (Lipinski definition) is 1. The fraction of sp³-hybridized carbons (Fsp3) is 0.111. The summed E-state index contributed by atoms with van der Waals surface area (Å²) in [6.07, 6.45) is 0. The van der Waals surface area contributed by atoms with Crippen LogP contribution in [0, 0.1) is 17.0 Å². The maximum atomic E-state index is 11.9. The van der Waals surface area contributed by atoms with Gasteiger partial charge in [-0.15, -0.1) is 0 Å². The number of non-ortho nitro benzene ring substituents is 1. The van der Waals surface area contributed by atoms with E-state index in [1.807, 2.05) is 0 Å². The molecule has 0 saturated heterocycles. The van der Waals surface area contributed by atoms with Crippen LogP contribution in [0.25, 0.3) is 11.0 Å². The number of nitro benzene ring substituents is 1. The average Bonchev–Trinajstić information content (AvgIpc) is 2.60. The summed E-state index contributed by atoms with van der Waals surface area (Å²) >= 11 is 0. The van der Waals surface area contributed by atoms with E-state index in [0.717, 1.165) is 10.9 Å². The van der Waals surface area contributed by atoms with Crippen LogP contribution in [0.5, 0.6) is 5.75 Å². The molecule has 0 fully saturated rings. The Balaban J connectivity index is 1.65. The van der Waals surface area contributed by atoms with E-state index in [4.69, 9.17) is 9.15 Å².